The molecule has 0 fully saturated rings. The number of halogens is 2. The lowest BCUT2D eigenvalue weighted by atomic mass is 10.2. The second kappa shape index (κ2) is 6.33. The van der Waals surface area contributed by atoms with E-state index in [-0.39, 0.29) is 9.88 Å². The quantitative estimate of drug-likeness (QED) is 0.663. The summed E-state index contributed by atoms with van der Waals surface area (Å²) < 4.78 is 29.0. The number of thiophene rings is 1. The molecule has 1 aromatic carbocycles. The number of benzene rings is 1. The fourth-order valence-electron chi connectivity index (χ4n) is 1.71. The van der Waals surface area contributed by atoms with E-state index >= 15 is 0 Å². The predicted molar refractivity (Wildman–Crippen MR) is 97.6 cm³/mol. The van der Waals surface area contributed by atoms with Gasteiger partial charge in [-0.2, -0.15) is 0 Å². The minimum absolute atomic E-state index is 0.128. The lowest BCUT2D eigenvalue weighted by Gasteiger charge is -2.12. The molecule has 0 aliphatic heterocycles. The largest absolute Gasteiger partial charge is 0.389 e. The molecule has 0 aliphatic carbocycles. The number of hydrogen-bond acceptors (Lipinski definition) is 4. The summed E-state index contributed by atoms with van der Waals surface area (Å²) >= 11 is 12.9. The second-order valence-electron chi connectivity index (χ2n) is 4.13. The van der Waals surface area contributed by atoms with Gasteiger partial charge in [0.1, 0.15) is 9.88 Å². The highest BCUT2D eigenvalue weighted by atomic mass is 79.9. The molecule has 0 bridgehead atoms. The van der Waals surface area contributed by atoms with Crippen LogP contribution in [0.15, 0.2) is 37.4 Å². The molecule has 4 nitrogen and oxygen atoms in total. The first-order chi connectivity index (χ1) is 9.70. The van der Waals surface area contributed by atoms with E-state index in [2.05, 4.69) is 36.6 Å². The third-order valence-electron chi connectivity index (χ3n) is 2.62. The van der Waals surface area contributed by atoms with Crippen LogP contribution in [-0.4, -0.2) is 13.4 Å². The molecule has 0 aliphatic rings. The molecule has 0 saturated carbocycles. The zero-order valence-electron chi connectivity index (χ0n) is 10.7. The molecular formula is C12H10Br2N2O2S3. The summed E-state index contributed by atoms with van der Waals surface area (Å²) in [6.07, 6.45) is 0. The molecule has 0 saturated heterocycles. The molecule has 0 radical (unpaired) electrons. The molecular weight excluding hydrogens is 460 g/mol. The number of nitrogens with one attached hydrogen (secondary N) is 1. The Morgan fingerprint density at radius 1 is 1.33 bits per heavy atom. The summed E-state index contributed by atoms with van der Waals surface area (Å²) in [5.74, 6) is 0. The Morgan fingerprint density at radius 3 is 2.52 bits per heavy atom. The number of thiocarbonyl (C=S) groups is 1. The Labute approximate surface area is 149 Å². The first kappa shape index (κ1) is 16.9. The van der Waals surface area contributed by atoms with Gasteiger partial charge in [0.25, 0.3) is 10.0 Å². The van der Waals surface area contributed by atoms with Gasteiger partial charge in [-0.1, -0.05) is 28.1 Å². The third kappa shape index (κ3) is 3.84. The van der Waals surface area contributed by atoms with E-state index in [1.165, 1.54) is 11.3 Å². The zero-order chi connectivity index (χ0) is 15.8. The lowest BCUT2D eigenvalue weighted by Crippen LogP contribution is -2.18. The van der Waals surface area contributed by atoms with Gasteiger partial charge in [0.05, 0.1) is 9.47 Å². The average Bonchev–Trinajstić information content (AvgIpc) is 2.68. The Hall–Kier alpha value is -0.480. The van der Waals surface area contributed by atoms with E-state index in [1.807, 2.05) is 0 Å². The maximum absolute atomic E-state index is 12.5. The maximum Gasteiger partial charge on any atom is 0.263 e. The van der Waals surface area contributed by atoms with Crippen LogP contribution in [0.5, 0.6) is 0 Å². The number of sulfonamides is 1. The summed E-state index contributed by atoms with van der Waals surface area (Å²) in [6, 6.07) is 6.61. The Morgan fingerprint density at radius 2 is 2.00 bits per heavy atom. The van der Waals surface area contributed by atoms with Gasteiger partial charge in [-0.15, -0.1) is 11.3 Å². The first-order valence-corrected chi connectivity index (χ1v) is 9.88. The Balaban J connectivity index is 2.48. The molecule has 0 spiro atoms. The Bertz CT molecular complexity index is 816. The molecule has 2 aromatic rings. The first-order valence-electron chi connectivity index (χ1n) is 5.59. The maximum atomic E-state index is 12.5. The molecule has 2 rings (SSSR count). The number of rotatable bonds is 4. The second-order valence-corrected chi connectivity index (χ2v) is 9.77. The minimum atomic E-state index is -3.70. The predicted octanol–water partition coefficient (Wildman–Crippen LogP) is 4.02. The lowest BCUT2D eigenvalue weighted by molar-refractivity contribution is 0.601. The molecule has 1 heterocycles. The van der Waals surface area contributed by atoms with E-state index in [1.54, 1.807) is 31.2 Å². The SMILES string of the molecule is Cc1sc(Br)cc1S(=O)(=O)Nc1cc(Br)ccc1C(N)=S. The zero-order valence-corrected chi connectivity index (χ0v) is 16.3. The van der Waals surface area contributed by atoms with Crippen LogP contribution in [0.4, 0.5) is 5.69 Å². The van der Waals surface area contributed by atoms with E-state index in [0.717, 1.165) is 8.26 Å². The van der Waals surface area contributed by atoms with Crippen LogP contribution < -0.4 is 10.5 Å². The van der Waals surface area contributed by atoms with Crippen molar-refractivity contribution in [2.75, 3.05) is 4.72 Å². The van der Waals surface area contributed by atoms with Gasteiger partial charge in [-0.25, -0.2) is 8.42 Å². The van der Waals surface area contributed by atoms with Gasteiger partial charge in [0, 0.05) is 14.9 Å². The van der Waals surface area contributed by atoms with Crippen molar-refractivity contribution in [3.8, 4) is 0 Å². The average molecular weight is 470 g/mol. The van der Waals surface area contributed by atoms with Gasteiger partial charge in [-0.3, -0.25) is 4.72 Å². The van der Waals surface area contributed by atoms with Crippen molar-refractivity contribution in [1.82, 2.24) is 0 Å². The molecule has 112 valence electrons. The van der Waals surface area contributed by atoms with Crippen molar-refractivity contribution in [2.24, 2.45) is 5.73 Å². The van der Waals surface area contributed by atoms with Crippen LogP contribution >= 0.6 is 55.4 Å². The molecule has 3 N–H and O–H groups in total. The molecule has 1 aromatic heterocycles. The third-order valence-corrected chi connectivity index (χ3v) is 6.51. The van der Waals surface area contributed by atoms with Crippen molar-refractivity contribution >= 4 is 76.1 Å². The molecule has 9 heteroatoms. The summed E-state index contributed by atoms with van der Waals surface area (Å²) in [5, 5.41) is 0. The fourth-order valence-corrected chi connectivity index (χ4v) is 5.74. The van der Waals surface area contributed by atoms with Crippen LogP contribution in [0.2, 0.25) is 0 Å². The minimum Gasteiger partial charge on any atom is -0.389 e. The highest BCUT2D eigenvalue weighted by Crippen LogP contribution is 2.32. The van der Waals surface area contributed by atoms with E-state index in [4.69, 9.17) is 18.0 Å². The van der Waals surface area contributed by atoms with Crippen molar-refractivity contribution in [3.05, 3.63) is 43.0 Å². The number of hydrogen-bond donors (Lipinski definition) is 2. The van der Waals surface area contributed by atoms with Gasteiger partial charge < -0.3 is 5.73 Å². The molecule has 0 atom stereocenters. The normalized spacial score (nSPS) is 11.4. The van der Waals surface area contributed by atoms with E-state index < -0.39 is 10.0 Å². The number of nitrogens with two attached hydrogens (primary N) is 1. The molecule has 0 amide bonds. The van der Waals surface area contributed by atoms with Crippen LogP contribution in [0, 0.1) is 6.92 Å². The fraction of sp³-hybridized carbons (Fsp3) is 0.0833. The van der Waals surface area contributed by atoms with Gasteiger partial charge in [0.15, 0.2) is 0 Å². The van der Waals surface area contributed by atoms with Crippen molar-refractivity contribution in [1.29, 1.82) is 0 Å². The topological polar surface area (TPSA) is 72.2 Å². The van der Waals surface area contributed by atoms with Gasteiger partial charge in [-0.05, 0) is 47.1 Å². The van der Waals surface area contributed by atoms with E-state index in [0.29, 0.717) is 16.1 Å². The van der Waals surface area contributed by atoms with E-state index in [9.17, 15) is 8.42 Å². The summed E-state index contributed by atoms with van der Waals surface area (Å²) in [4.78, 5) is 1.05. The highest BCUT2D eigenvalue weighted by molar-refractivity contribution is 9.11. The molecule has 0 unspecified atom stereocenters. The van der Waals surface area contributed by atoms with Gasteiger partial charge >= 0.3 is 0 Å². The smallest absolute Gasteiger partial charge is 0.263 e. The monoisotopic (exact) mass is 468 g/mol. The standard InChI is InChI=1S/C12H10Br2N2O2S3/c1-6-10(5-11(14)20-6)21(17,18)16-9-4-7(13)2-3-8(9)12(15)19/h2-5,16H,1H3,(H2,15,19). The Kier molecular flexibility index (Phi) is 5.09. The number of aryl methyl sites for hydroxylation is 1. The van der Waals surface area contributed by atoms with Crippen LogP contribution in [-0.2, 0) is 10.0 Å². The van der Waals surface area contributed by atoms with Crippen molar-refractivity contribution in [2.45, 2.75) is 11.8 Å². The van der Waals surface area contributed by atoms with Crippen LogP contribution in [0.3, 0.4) is 0 Å². The number of anilines is 1. The highest BCUT2D eigenvalue weighted by Gasteiger charge is 2.21. The van der Waals surface area contributed by atoms with Crippen molar-refractivity contribution < 1.29 is 8.42 Å². The summed E-state index contributed by atoms with van der Waals surface area (Å²) in [5.41, 5.74) is 6.45. The van der Waals surface area contributed by atoms with Crippen LogP contribution in [0.25, 0.3) is 0 Å². The summed E-state index contributed by atoms with van der Waals surface area (Å²) in [6.45, 7) is 1.75. The summed E-state index contributed by atoms with van der Waals surface area (Å²) in [7, 11) is -3.70. The van der Waals surface area contributed by atoms with Gasteiger partial charge in [0.2, 0.25) is 0 Å². The van der Waals surface area contributed by atoms with Crippen LogP contribution in [0.1, 0.15) is 10.4 Å². The van der Waals surface area contributed by atoms with Crippen molar-refractivity contribution in [3.63, 3.8) is 0 Å². The molecule has 21 heavy (non-hydrogen) atoms.